The van der Waals surface area contributed by atoms with E-state index in [1.807, 2.05) is 18.2 Å². The number of aliphatic hydroxyl groups is 1. The first-order valence-electron chi connectivity index (χ1n) is 35.8. The van der Waals surface area contributed by atoms with E-state index in [9.17, 15) is 43.2 Å². The normalized spacial score (nSPS) is 14.8. The Hall–Kier alpha value is -4.54. The monoisotopic (exact) mass is 1360 g/mol. The van der Waals surface area contributed by atoms with E-state index in [0.29, 0.717) is 32.1 Å². The highest BCUT2D eigenvalue weighted by atomic mass is 31.2. The molecule has 94 heavy (non-hydrogen) atoms. The van der Waals surface area contributed by atoms with Gasteiger partial charge in [0, 0.05) is 25.7 Å². The maximum absolute atomic E-state index is 13.0. The number of esters is 4. The number of hydrogen-bond acceptors (Lipinski definition) is 15. The van der Waals surface area contributed by atoms with E-state index >= 15 is 0 Å². The van der Waals surface area contributed by atoms with Crippen LogP contribution < -0.4 is 0 Å². The van der Waals surface area contributed by atoms with Crippen LogP contribution in [0.4, 0.5) is 0 Å². The van der Waals surface area contributed by atoms with E-state index in [0.717, 1.165) is 161 Å². The summed E-state index contributed by atoms with van der Waals surface area (Å²) in [5.74, 6) is -2.31. The third-order valence-corrected chi connectivity index (χ3v) is 16.3. The number of rotatable bonds is 66. The molecular formula is C75H126O17P2. The first-order chi connectivity index (χ1) is 45.7. The van der Waals surface area contributed by atoms with Crippen molar-refractivity contribution in [3.8, 4) is 0 Å². The van der Waals surface area contributed by atoms with E-state index in [4.69, 9.17) is 37.0 Å². The van der Waals surface area contributed by atoms with Crippen LogP contribution in [-0.4, -0.2) is 96.7 Å². The zero-order valence-electron chi connectivity index (χ0n) is 58.3. The van der Waals surface area contributed by atoms with E-state index in [2.05, 4.69) is 131 Å². The smallest absolute Gasteiger partial charge is 0.462 e. The topological polar surface area (TPSA) is 237 Å². The highest BCUT2D eigenvalue weighted by molar-refractivity contribution is 7.47. The van der Waals surface area contributed by atoms with Crippen molar-refractivity contribution in [1.82, 2.24) is 0 Å². The molecule has 0 spiro atoms. The molecule has 0 saturated heterocycles. The minimum absolute atomic E-state index is 0.0305. The van der Waals surface area contributed by atoms with Gasteiger partial charge in [-0.2, -0.15) is 0 Å². The molecule has 0 aliphatic carbocycles. The fraction of sp³-hybridized carbons (Fsp3) is 0.680. The Bertz CT molecular complexity index is 2270. The maximum atomic E-state index is 13.0. The second-order valence-corrected chi connectivity index (χ2v) is 26.3. The summed E-state index contributed by atoms with van der Waals surface area (Å²) in [6, 6.07) is 0. The molecular weight excluding hydrogens is 1230 g/mol. The molecule has 0 aromatic heterocycles. The average molecular weight is 1360 g/mol. The molecule has 0 aliphatic heterocycles. The first kappa shape index (κ1) is 89.5. The number of aliphatic hydroxyl groups excluding tert-OH is 1. The van der Waals surface area contributed by atoms with Crippen molar-refractivity contribution >= 4 is 39.5 Å². The predicted octanol–water partition coefficient (Wildman–Crippen LogP) is 20.0. The molecule has 5 atom stereocenters. The van der Waals surface area contributed by atoms with Crippen LogP contribution in [0.15, 0.2) is 122 Å². The average Bonchev–Trinajstić information content (AvgIpc) is 1.73. The van der Waals surface area contributed by atoms with Gasteiger partial charge in [-0.1, -0.05) is 239 Å². The molecule has 3 N–H and O–H groups in total. The lowest BCUT2D eigenvalue weighted by Crippen LogP contribution is -2.30. The minimum Gasteiger partial charge on any atom is -0.462 e. The molecule has 0 radical (unpaired) electrons. The highest BCUT2D eigenvalue weighted by Crippen LogP contribution is 2.45. The summed E-state index contributed by atoms with van der Waals surface area (Å²) in [4.78, 5) is 72.5. The summed E-state index contributed by atoms with van der Waals surface area (Å²) < 4.78 is 68.1. The fourth-order valence-corrected chi connectivity index (χ4v) is 10.5. The van der Waals surface area contributed by atoms with Crippen LogP contribution >= 0.6 is 15.6 Å². The highest BCUT2D eigenvalue weighted by Gasteiger charge is 2.30. The Morgan fingerprint density at radius 2 is 0.596 bits per heavy atom. The minimum atomic E-state index is -4.99. The van der Waals surface area contributed by atoms with Gasteiger partial charge < -0.3 is 33.8 Å². The van der Waals surface area contributed by atoms with Gasteiger partial charge in [-0.25, -0.2) is 9.13 Å². The van der Waals surface area contributed by atoms with Crippen molar-refractivity contribution < 1.29 is 80.2 Å². The SMILES string of the molecule is CC/C=C\C/C=C\C/C=C\C/C=C\C/C=C\C/C=C\CCC(=O)OCC(COP(=O)(O)OCC(O)COP(=O)(O)OCC(COC(=O)CCCCCCC/C=C\CCCC)OC(=O)CCCCCCC/C=C\CCCC)OC(=O)CCCCCCC/C=C\C/C=C\CCC. The number of carbonyl (C=O) groups excluding carboxylic acids is 4. The third-order valence-electron chi connectivity index (χ3n) is 14.4. The number of carbonyl (C=O) groups is 4. The lowest BCUT2D eigenvalue weighted by Gasteiger charge is -2.21. The zero-order valence-corrected chi connectivity index (χ0v) is 60.1. The van der Waals surface area contributed by atoms with E-state index in [1.165, 1.54) is 25.7 Å². The van der Waals surface area contributed by atoms with Crippen LogP contribution in [0.2, 0.25) is 0 Å². The van der Waals surface area contributed by atoms with Crippen molar-refractivity contribution in [2.24, 2.45) is 0 Å². The van der Waals surface area contributed by atoms with Crippen LogP contribution in [0.5, 0.6) is 0 Å². The molecule has 0 aromatic rings. The van der Waals surface area contributed by atoms with Gasteiger partial charge in [-0.05, 0) is 128 Å². The molecule has 0 fully saturated rings. The number of ether oxygens (including phenoxy) is 4. The zero-order chi connectivity index (χ0) is 69.0. The summed E-state index contributed by atoms with van der Waals surface area (Å²) in [6.07, 6.45) is 70.9. The lowest BCUT2D eigenvalue weighted by atomic mass is 10.1. The van der Waals surface area contributed by atoms with Crippen molar-refractivity contribution in [3.63, 3.8) is 0 Å². The lowest BCUT2D eigenvalue weighted by molar-refractivity contribution is -0.161. The summed E-state index contributed by atoms with van der Waals surface area (Å²) in [7, 11) is -9.97. The molecule has 19 heteroatoms. The van der Waals surface area contributed by atoms with Crippen molar-refractivity contribution in [1.29, 1.82) is 0 Å². The van der Waals surface area contributed by atoms with Crippen molar-refractivity contribution in [2.45, 2.75) is 290 Å². The Morgan fingerprint density at radius 1 is 0.309 bits per heavy atom. The first-order valence-corrected chi connectivity index (χ1v) is 38.8. The van der Waals surface area contributed by atoms with E-state index < -0.39 is 97.5 Å². The largest absolute Gasteiger partial charge is 0.472 e. The van der Waals surface area contributed by atoms with Crippen LogP contribution in [0.25, 0.3) is 0 Å². The van der Waals surface area contributed by atoms with Gasteiger partial charge in [0.2, 0.25) is 0 Å². The van der Waals surface area contributed by atoms with Crippen LogP contribution in [0, 0.1) is 0 Å². The second-order valence-electron chi connectivity index (χ2n) is 23.4. The quantitative estimate of drug-likeness (QED) is 0.0169. The number of hydrogen-bond donors (Lipinski definition) is 3. The Labute approximate surface area is 568 Å². The molecule has 0 aliphatic rings. The fourth-order valence-electron chi connectivity index (χ4n) is 8.89. The van der Waals surface area contributed by atoms with Crippen molar-refractivity contribution in [2.75, 3.05) is 39.6 Å². The van der Waals surface area contributed by atoms with Gasteiger partial charge >= 0.3 is 39.5 Å². The number of allylic oxidation sites excluding steroid dienone is 20. The van der Waals surface area contributed by atoms with Gasteiger partial charge in [-0.15, -0.1) is 0 Å². The molecule has 0 bridgehead atoms. The van der Waals surface area contributed by atoms with E-state index in [1.54, 1.807) is 0 Å². The van der Waals surface area contributed by atoms with Gasteiger partial charge in [0.25, 0.3) is 0 Å². The van der Waals surface area contributed by atoms with Gasteiger partial charge in [0.1, 0.15) is 19.3 Å². The Morgan fingerprint density at radius 3 is 0.968 bits per heavy atom. The molecule has 0 aromatic carbocycles. The summed E-state index contributed by atoms with van der Waals surface area (Å²) in [5.41, 5.74) is 0. The molecule has 0 heterocycles. The van der Waals surface area contributed by atoms with E-state index in [-0.39, 0.29) is 25.7 Å². The number of unbranched alkanes of at least 4 members (excludes halogenated alkanes) is 20. The summed E-state index contributed by atoms with van der Waals surface area (Å²) >= 11 is 0. The third kappa shape index (κ3) is 66.1. The number of phosphoric ester groups is 2. The predicted molar refractivity (Wildman–Crippen MR) is 381 cm³/mol. The molecule has 0 rings (SSSR count). The molecule has 0 amide bonds. The van der Waals surface area contributed by atoms with Crippen LogP contribution in [-0.2, 0) is 65.4 Å². The van der Waals surface area contributed by atoms with Gasteiger partial charge in [0.05, 0.1) is 26.4 Å². The van der Waals surface area contributed by atoms with Crippen LogP contribution in [0.1, 0.15) is 272 Å². The van der Waals surface area contributed by atoms with Gasteiger partial charge in [0.15, 0.2) is 12.2 Å². The van der Waals surface area contributed by atoms with Crippen molar-refractivity contribution in [3.05, 3.63) is 122 Å². The number of phosphoric acid groups is 2. The molecule has 538 valence electrons. The molecule has 0 saturated carbocycles. The second kappa shape index (κ2) is 67.0. The Kier molecular flexibility index (Phi) is 63.8. The molecule has 5 unspecified atom stereocenters. The van der Waals surface area contributed by atoms with Gasteiger partial charge in [-0.3, -0.25) is 37.3 Å². The summed E-state index contributed by atoms with van der Waals surface area (Å²) in [5, 5.41) is 10.6. The molecule has 17 nitrogen and oxygen atoms in total. The summed E-state index contributed by atoms with van der Waals surface area (Å²) in [6.45, 7) is 4.46. The van der Waals surface area contributed by atoms with Crippen LogP contribution in [0.3, 0.4) is 0 Å². The Balaban J connectivity index is 5.39. The maximum Gasteiger partial charge on any atom is 0.472 e. The standard InChI is InChI=1S/C75H126O17P2/c1-5-9-13-17-21-25-29-31-32-33-34-35-36-38-41-44-48-52-56-60-73(78)86-66-71(92-75(80)62-58-54-50-46-42-37-30-26-22-18-14-10-6-2)68-90-94(83,84)88-64-69(76)63-87-93(81,82)89-67-70(91-74(79)61-57-53-49-45-40-28-24-20-16-12-8-4)65-85-72(77)59-55-51-47-43-39-27-23-19-15-11-7-3/h9,13-14,18-21,23-26,30-32,34-35,38,41,48,52,69-71,76H,5-8,10-12,15-17,22,27-29,33,36-37,39-40,42-47,49-51,53-68H2,1-4H3,(H,81,82)(H,83,84)/b13-9-,18-14-,23-19-,24-20-,25-21-,30-26-,32-31-,35-34-,41-38-,52-48-.